The van der Waals surface area contributed by atoms with Crippen molar-refractivity contribution in [1.82, 2.24) is 4.90 Å². The highest BCUT2D eigenvalue weighted by molar-refractivity contribution is 5.42. The average molecular weight is 260 g/mol. The number of hydrogen-bond donors (Lipinski definition) is 1. The molecule has 104 valence electrons. The second kappa shape index (κ2) is 7.16. The molecule has 0 fully saturated rings. The fraction of sp³-hybridized carbons (Fsp3) is 0.562. The van der Waals surface area contributed by atoms with Crippen LogP contribution in [-0.4, -0.2) is 23.1 Å². The number of phenolic OH excluding ortho intramolecular Hbond substituents is 1. The Hall–Kier alpha value is -1.53. The average Bonchev–Trinajstić information content (AvgIpc) is 2.36. The summed E-state index contributed by atoms with van der Waals surface area (Å²) in [4.78, 5) is 2.18. The van der Waals surface area contributed by atoms with Crippen LogP contribution in [-0.2, 0) is 6.54 Å². The molecule has 0 heterocycles. The first-order valence-electron chi connectivity index (χ1n) is 6.91. The summed E-state index contributed by atoms with van der Waals surface area (Å²) < 4.78 is 0. The van der Waals surface area contributed by atoms with Gasteiger partial charge in [-0.05, 0) is 36.6 Å². The first-order chi connectivity index (χ1) is 8.99. The maximum Gasteiger partial charge on any atom is 0.120 e. The third-order valence-electron chi connectivity index (χ3n) is 3.47. The normalized spacial score (nSPS) is 11.0. The Balaban J connectivity index is 2.93. The van der Waals surface area contributed by atoms with Crippen LogP contribution < -0.4 is 0 Å². The lowest BCUT2D eigenvalue weighted by Gasteiger charge is -2.21. The molecule has 3 nitrogen and oxygen atoms in total. The Kier molecular flexibility index (Phi) is 5.85. The van der Waals surface area contributed by atoms with Crippen molar-refractivity contribution >= 4 is 0 Å². The molecule has 0 amide bonds. The van der Waals surface area contributed by atoms with Gasteiger partial charge in [0.25, 0.3) is 0 Å². The van der Waals surface area contributed by atoms with Gasteiger partial charge >= 0.3 is 0 Å². The summed E-state index contributed by atoms with van der Waals surface area (Å²) in [6.07, 6.45) is 0.525. The van der Waals surface area contributed by atoms with Gasteiger partial charge in [0.1, 0.15) is 5.75 Å². The zero-order valence-electron chi connectivity index (χ0n) is 12.4. The van der Waals surface area contributed by atoms with Crippen LogP contribution in [0.4, 0.5) is 0 Å². The van der Waals surface area contributed by atoms with Crippen LogP contribution in [0, 0.1) is 18.3 Å². The fourth-order valence-corrected chi connectivity index (χ4v) is 2.30. The maximum atomic E-state index is 10.1. The van der Waals surface area contributed by atoms with Crippen LogP contribution in [0.3, 0.4) is 0 Å². The van der Waals surface area contributed by atoms with E-state index in [4.69, 9.17) is 5.26 Å². The molecule has 1 aromatic carbocycles. The number of nitrogens with zero attached hydrogens (tertiary/aromatic N) is 2. The van der Waals surface area contributed by atoms with Crippen LogP contribution in [0.25, 0.3) is 0 Å². The van der Waals surface area contributed by atoms with Crippen molar-refractivity contribution in [2.45, 2.75) is 46.6 Å². The molecule has 0 aromatic heterocycles. The van der Waals surface area contributed by atoms with E-state index >= 15 is 0 Å². The lowest BCUT2D eigenvalue weighted by molar-refractivity contribution is 0.282. The molecule has 1 rings (SSSR count). The van der Waals surface area contributed by atoms with Crippen molar-refractivity contribution in [3.63, 3.8) is 0 Å². The molecule has 0 saturated heterocycles. The lowest BCUT2D eigenvalue weighted by Crippen LogP contribution is -2.24. The van der Waals surface area contributed by atoms with E-state index in [0.29, 0.717) is 24.6 Å². The third kappa shape index (κ3) is 4.25. The molecule has 3 heteroatoms. The van der Waals surface area contributed by atoms with Crippen LogP contribution in [0.15, 0.2) is 12.1 Å². The number of aromatic hydroxyl groups is 1. The van der Waals surface area contributed by atoms with Gasteiger partial charge in [-0.2, -0.15) is 5.26 Å². The molecular weight excluding hydrogens is 236 g/mol. The van der Waals surface area contributed by atoms with Crippen LogP contribution in [0.1, 0.15) is 49.8 Å². The van der Waals surface area contributed by atoms with Gasteiger partial charge in [-0.15, -0.1) is 0 Å². The van der Waals surface area contributed by atoms with E-state index in [1.54, 1.807) is 0 Å². The molecule has 1 aromatic rings. The number of phenols is 1. The second-order valence-corrected chi connectivity index (χ2v) is 5.27. The van der Waals surface area contributed by atoms with Gasteiger partial charge in [-0.1, -0.05) is 26.8 Å². The van der Waals surface area contributed by atoms with Gasteiger partial charge < -0.3 is 5.11 Å². The summed E-state index contributed by atoms with van der Waals surface area (Å²) in [5, 5.41) is 18.7. The minimum Gasteiger partial charge on any atom is -0.508 e. The van der Waals surface area contributed by atoms with Crippen LogP contribution in [0.5, 0.6) is 5.75 Å². The number of benzene rings is 1. The smallest absolute Gasteiger partial charge is 0.120 e. The second-order valence-electron chi connectivity index (χ2n) is 5.27. The Morgan fingerprint density at radius 3 is 2.58 bits per heavy atom. The van der Waals surface area contributed by atoms with Crippen molar-refractivity contribution in [2.24, 2.45) is 0 Å². The summed E-state index contributed by atoms with van der Waals surface area (Å²) >= 11 is 0. The molecule has 0 unspecified atom stereocenters. The summed E-state index contributed by atoms with van der Waals surface area (Å²) in [5.74, 6) is 0.811. The Bertz CT molecular complexity index is 461. The third-order valence-corrected chi connectivity index (χ3v) is 3.47. The van der Waals surface area contributed by atoms with E-state index in [0.717, 1.165) is 24.2 Å². The summed E-state index contributed by atoms with van der Waals surface area (Å²) in [6, 6.07) is 6.12. The maximum absolute atomic E-state index is 10.1. The highest BCUT2D eigenvalue weighted by atomic mass is 16.3. The van der Waals surface area contributed by atoms with Crippen molar-refractivity contribution in [1.29, 1.82) is 5.26 Å². The molecule has 0 aliphatic carbocycles. The molecule has 0 aliphatic heterocycles. The van der Waals surface area contributed by atoms with Gasteiger partial charge in [-0.25, -0.2) is 0 Å². The zero-order chi connectivity index (χ0) is 14.4. The molecular formula is C16H24N2O. The lowest BCUT2D eigenvalue weighted by atomic mass is 9.95. The van der Waals surface area contributed by atoms with Crippen molar-refractivity contribution < 1.29 is 5.11 Å². The first kappa shape index (κ1) is 15.5. The predicted octanol–water partition coefficient (Wildman–Crippen LogP) is 3.56. The molecule has 1 N–H and O–H groups in total. The highest BCUT2D eigenvalue weighted by Crippen LogP contribution is 2.28. The molecule has 19 heavy (non-hydrogen) atoms. The Morgan fingerprint density at radius 2 is 2.05 bits per heavy atom. The quantitative estimate of drug-likeness (QED) is 0.850. The molecule has 0 radical (unpaired) electrons. The molecule has 0 atom stereocenters. The zero-order valence-corrected chi connectivity index (χ0v) is 12.4. The van der Waals surface area contributed by atoms with Gasteiger partial charge in [-0.3, -0.25) is 4.90 Å². The topological polar surface area (TPSA) is 47.3 Å². The van der Waals surface area contributed by atoms with Crippen LogP contribution in [0.2, 0.25) is 0 Å². The Morgan fingerprint density at radius 1 is 1.37 bits per heavy atom. The molecule has 0 saturated carbocycles. The molecule has 0 spiro atoms. The van der Waals surface area contributed by atoms with Crippen molar-refractivity contribution in [3.05, 3.63) is 28.8 Å². The number of rotatable bonds is 6. The number of hydrogen-bond acceptors (Lipinski definition) is 3. The van der Waals surface area contributed by atoms with Crippen molar-refractivity contribution in [3.8, 4) is 11.8 Å². The van der Waals surface area contributed by atoms with E-state index in [1.165, 1.54) is 5.56 Å². The van der Waals surface area contributed by atoms with E-state index in [-0.39, 0.29) is 0 Å². The van der Waals surface area contributed by atoms with E-state index in [2.05, 4.69) is 37.8 Å². The predicted molar refractivity (Wildman–Crippen MR) is 78.1 cm³/mol. The highest BCUT2D eigenvalue weighted by Gasteiger charge is 2.12. The summed E-state index contributed by atoms with van der Waals surface area (Å²) in [6.45, 7) is 10.8. The molecule has 0 bridgehead atoms. The SMILES string of the molecule is CCN(CCC#N)Cc1cc(C(C)C)c(C)cc1O. The van der Waals surface area contributed by atoms with Gasteiger partial charge in [0.05, 0.1) is 6.07 Å². The molecule has 0 aliphatic rings. The number of nitriles is 1. The van der Waals surface area contributed by atoms with E-state index in [9.17, 15) is 5.11 Å². The van der Waals surface area contributed by atoms with Gasteiger partial charge in [0, 0.05) is 25.1 Å². The minimum absolute atomic E-state index is 0.359. The summed E-state index contributed by atoms with van der Waals surface area (Å²) in [7, 11) is 0. The first-order valence-corrected chi connectivity index (χ1v) is 6.91. The van der Waals surface area contributed by atoms with Gasteiger partial charge in [0.15, 0.2) is 0 Å². The largest absolute Gasteiger partial charge is 0.508 e. The minimum atomic E-state index is 0.359. The van der Waals surface area contributed by atoms with E-state index in [1.807, 2.05) is 13.0 Å². The fourth-order valence-electron chi connectivity index (χ4n) is 2.30. The summed E-state index contributed by atoms with van der Waals surface area (Å²) in [5.41, 5.74) is 3.37. The van der Waals surface area contributed by atoms with Crippen molar-refractivity contribution in [2.75, 3.05) is 13.1 Å². The monoisotopic (exact) mass is 260 g/mol. The Labute approximate surface area is 116 Å². The standard InChI is InChI=1S/C16H24N2O/c1-5-18(8-6-7-17)11-14-10-15(12(2)3)13(4)9-16(14)19/h9-10,12,19H,5-6,8,11H2,1-4H3. The van der Waals surface area contributed by atoms with Gasteiger partial charge in [0.2, 0.25) is 0 Å². The van der Waals surface area contributed by atoms with E-state index < -0.39 is 0 Å². The number of aryl methyl sites for hydroxylation is 1. The van der Waals surface area contributed by atoms with Crippen LogP contribution >= 0.6 is 0 Å².